The fourth-order valence-corrected chi connectivity index (χ4v) is 2.50. The van der Waals surface area contributed by atoms with E-state index in [1.807, 2.05) is 44.4 Å². The maximum Gasteiger partial charge on any atom is 0.271 e. The average molecular weight is 300 g/mol. The lowest BCUT2D eigenvalue weighted by atomic mass is 10.1. The first-order valence-electron chi connectivity index (χ1n) is 6.53. The van der Waals surface area contributed by atoms with E-state index in [1.54, 1.807) is 0 Å². The minimum Gasteiger partial charge on any atom is -0.379 e. The third-order valence-corrected chi connectivity index (χ3v) is 3.66. The summed E-state index contributed by atoms with van der Waals surface area (Å²) in [5.74, 6) is 0.730. The third-order valence-electron chi connectivity index (χ3n) is 2.91. The van der Waals surface area contributed by atoms with Crippen molar-refractivity contribution in [1.29, 1.82) is 5.26 Å². The zero-order valence-corrected chi connectivity index (χ0v) is 13.0. The molecular weight excluding hydrogens is 284 g/mol. The third kappa shape index (κ3) is 3.26. The van der Waals surface area contributed by atoms with Gasteiger partial charge in [-0.1, -0.05) is 29.4 Å². The molecule has 2 rings (SSSR count). The van der Waals surface area contributed by atoms with E-state index in [1.165, 1.54) is 11.8 Å². The van der Waals surface area contributed by atoms with Crippen molar-refractivity contribution in [1.82, 2.24) is 15.5 Å². The highest BCUT2D eigenvalue weighted by Gasteiger charge is 2.17. The van der Waals surface area contributed by atoms with Gasteiger partial charge in [-0.05, 0) is 25.7 Å². The molecule has 0 bridgehead atoms. The standard InChI is InChI=1S/C15H16N4OS/c1-4-17-15(21-3)12(9-16)14-18-13(19-20-14)11-8-6-5-7-10(11)2/h5-8,17H,4H2,1-3H3. The summed E-state index contributed by atoms with van der Waals surface area (Å²) in [4.78, 5) is 4.35. The number of benzene rings is 1. The predicted octanol–water partition coefficient (Wildman–Crippen LogP) is 3.21. The van der Waals surface area contributed by atoms with Crippen LogP contribution in [0, 0.1) is 18.3 Å². The van der Waals surface area contributed by atoms with Crippen LogP contribution in [0.25, 0.3) is 17.0 Å². The molecule has 5 nitrogen and oxygen atoms in total. The Hall–Kier alpha value is -2.26. The molecule has 0 aliphatic carbocycles. The van der Waals surface area contributed by atoms with E-state index in [0.29, 0.717) is 11.4 Å². The summed E-state index contributed by atoms with van der Waals surface area (Å²) in [6.07, 6.45) is 1.90. The maximum atomic E-state index is 9.35. The van der Waals surface area contributed by atoms with Crippen LogP contribution in [0.2, 0.25) is 0 Å². The fourth-order valence-electron chi connectivity index (χ4n) is 1.88. The summed E-state index contributed by atoms with van der Waals surface area (Å²) < 4.78 is 5.26. The molecule has 0 atom stereocenters. The number of hydrogen-bond acceptors (Lipinski definition) is 6. The van der Waals surface area contributed by atoms with Gasteiger partial charge in [-0.2, -0.15) is 10.2 Å². The van der Waals surface area contributed by atoms with E-state index < -0.39 is 0 Å². The maximum absolute atomic E-state index is 9.35. The lowest BCUT2D eigenvalue weighted by Gasteiger charge is -2.05. The average Bonchev–Trinajstić information content (AvgIpc) is 2.97. The molecule has 1 heterocycles. The van der Waals surface area contributed by atoms with Gasteiger partial charge in [-0.15, -0.1) is 11.8 Å². The van der Waals surface area contributed by atoms with Crippen molar-refractivity contribution in [2.24, 2.45) is 0 Å². The highest BCUT2D eigenvalue weighted by Crippen LogP contribution is 2.25. The number of hydrogen-bond donors (Lipinski definition) is 1. The van der Waals surface area contributed by atoms with Crippen molar-refractivity contribution >= 4 is 17.3 Å². The molecule has 0 saturated heterocycles. The fraction of sp³-hybridized carbons (Fsp3) is 0.267. The van der Waals surface area contributed by atoms with Crippen LogP contribution in [0.3, 0.4) is 0 Å². The number of allylic oxidation sites excluding steroid dienone is 1. The Morgan fingerprint density at radius 2 is 2.19 bits per heavy atom. The lowest BCUT2D eigenvalue weighted by molar-refractivity contribution is 0.409. The Labute approximate surface area is 128 Å². The van der Waals surface area contributed by atoms with E-state index in [4.69, 9.17) is 4.52 Å². The summed E-state index contributed by atoms with van der Waals surface area (Å²) in [6, 6.07) is 9.93. The number of rotatable bonds is 5. The van der Waals surface area contributed by atoms with Crippen molar-refractivity contribution in [3.63, 3.8) is 0 Å². The molecule has 0 unspecified atom stereocenters. The number of nitrogens with zero attached hydrogens (tertiary/aromatic N) is 3. The van der Waals surface area contributed by atoms with Crippen LogP contribution in [-0.4, -0.2) is 22.9 Å². The van der Waals surface area contributed by atoms with Gasteiger partial charge in [-0.25, -0.2) is 0 Å². The van der Waals surface area contributed by atoms with Gasteiger partial charge in [0.05, 0.1) is 5.03 Å². The Kier molecular flexibility index (Phi) is 5.01. The minimum absolute atomic E-state index is 0.237. The molecule has 0 aliphatic heterocycles. The molecule has 0 fully saturated rings. The number of aryl methyl sites for hydroxylation is 1. The SMILES string of the molecule is CCNC(SC)=C(C#N)c1nc(-c2ccccc2C)no1. The molecule has 0 spiro atoms. The van der Waals surface area contributed by atoms with Gasteiger partial charge in [0.2, 0.25) is 5.82 Å². The van der Waals surface area contributed by atoms with Crippen LogP contribution in [0.4, 0.5) is 0 Å². The summed E-state index contributed by atoms with van der Waals surface area (Å²) >= 11 is 1.45. The van der Waals surface area contributed by atoms with Crippen molar-refractivity contribution < 1.29 is 4.52 Å². The Morgan fingerprint density at radius 1 is 1.43 bits per heavy atom. The zero-order chi connectivity index (χ0) is 15.2. The summed E-state index contributed by atoms with van der Waals surface area (Å²) in [7, 11) is 0. The normalized spacial score (nSPS) is 11.7. The molecule has 1 aromatic carbocycles. The highest BCUT2D eigenvalue weighted by molar-refractivity contribution is 8.02. The van der Waals surface area contributed by atoms with E-state index >= 15 is 0 Å². The second-order valence-electron chi connectivity index (χ2n) is 4.29. The minimum atomic E-state index is 0.237. The predicted molar refractivity (Wildman–Crippen MR) is 84.2 cm³/mol. The molecule has 0 saturated carbocycles. The van der Waals surface area contributed by atoms with E-state index in [-0.39, 0.29) is 5.89 Å². The molecule has 1 aromatic heterocycles. The first-order chi connectivity index (χ1) is 10.2. The van der Waals surface area contributed by atoms with Gasteiger partial charge in [0, 0.05) is 12.1 Å². The van der Waals surface area contributed by atoms with Gasteiger partial charge < -0.3 is 9.84 Å². The molecule has 0 aliphatic rings. The van der Waals surface area contributed by atoms with E-state index in [2.05, 4.69) is 21.5 Å². The van der Waals surface area contributed by atoms with Crippen LogP contribution < -0.4 is 5.32 Å². The van der Waals surface area contributed by atoms with Gasteiger partial charge in [0.1, 0.15) is 11.6 Å². The van der Waals surface area contributed by atoms with Crippen LogP contribution in [0.15, 0.2) is 33.8 Å². The number of aromatic nitrogens is 2. The number of thioether (sulfide) groups is 1. The molecular formula is C15H16N4OS. The van der Waals surface area contributed by atoms with Gasteiger partial charge >= 0.3 is 0 Å². The molecule has 21 heavy (non-hydrogen) atoms. The van der Waals surface area contributed by atoms with Crippen molar-refractivity contribution in [2.45, 2.75) is 13.8 Å². The second-order valence-corrected chi connectivity index (χ2v) is 5.10. The Morgan fingerprint density at radius 3 is 2.81 bits per heavy atom. The lowest BCUT2D eigenvalue weighted by Crippen LogP contribution is -2.11. The van der Waals surface area contributed by atoms with Gasteiger partial charge in [-0.3, -0.25) is 0 Å². The monoisotopic (exact) mass is 300 g/mol. The summed E-state index contributed by atoms with van der Waals surface area (Å²) in [5.41, 5.74) is 2.33. The molecule has 6 heteroatoms. The largest absolute Gasteiger partial charge is 0.379 e. The molecule has 0 radical (unpaired) electrons. The molecule has 0 amide bonds. The van der Waals surface area contributed by atoms with Crippen LogP contribution >= 0.6 is 11.8 Å². The van der Waals surface area contributed by atoms with Crippen molar-refractivity contribution in [2.75, 3.05) is 12.8 Å². The Bertz CT molecular complexity index is 700. The van der Waals surface area contributed by atoms with E-state index in [0.717, 1.165) is 22.7 Å². The van der Waals surface area contributed by atoms with E-state index in [9.17, 15) is 5.26 Å². The van der Waals surface area contributed by atoms with Crippen molar-refractivity contribution in [3.8, 4) is 17.5 Å². The summed E-state index contributed by atoms with van der Waals surface area (Å²) in [6.45, 7) is 4.68. The molecule has 2 aromatic rings. The van der Waals surface area contributed by atoms with Gasteiger partial charge in [0.25, 0.3) is 5.89 Å². The smallest absolute Gasteiger partial charge is 0.271 e. The van der Waals surface area contributed by atoms with Crippen LogP contribution in [0.5, 0.6) is 0 Å². The number of nitriles is 1. The van der Waals surface area contributed by atoms with Crippen LogP contribution in [0.1, 0.15) is 18.4 Å². The Balaban J connectivity index is 2.44. The first kappa shape index (κ1) is 15.1. The first-order valence-corrected chi connectivity index (χ1v) is 7.76. The van der Waals surface area contributed by atoms with Crippen LogP contribution in [-0.2, 0) is 0 Å². The number of nitrogens with one attached hydrogen (secondary N) is 1. The second kappa shape index (κ2) is 6.95. The molecule has 1 N–H and O–H groups in total. The summed E-state index contributed by atoms with van der Waals surface area (Å²) in [5, 5.41) is 17.2. The topological polar surface area (TPSA) is 74.7 Å². The van der Waals surface area contributed by atoms with Crippen molar-refractivity contribution in [3.05, 3.63) is 40.7 Å². The van der Waals surface area contributed by atoms with Gasteiger partial charge in [0.15, 0.2) is 0 Å². The quantitative estimate of drug-likeness (QED) is 0.855. The molecule has 108 valence electrons. The highest BCUT2D eigenvalue weighted by atomic mass is 32.2. The zero-order valence-electron chi connectivity index (χ0n) is 12.2.